The van der Waals surface area contributed by atoms with Gasteiger partial charge in [-0.1, -0.05) is 22.9 Å². The molecule has 0 spiro atoms. The fourth-order valence-corrected chi connectivity index (χ4v) is 2.76. The molecule has 0 aliphatic rings. The third-order valence-electron chi connectivity index (χ3n) is 4.05. The molecular weight excluding hydrogens is 428 g/mol. The Kier molecular flexibility index (Phi) is 6.25. The molecule has 3 rings (SSSR count). The molecule has 0 bridgehead atoms. The molecule has 1 aromatic heterocycles. The molecule has 0 fully saturated rings. The lowest BCUT2D eigenvalue weighted by Crippen LogP contribution is -2.33. The first-order valence-corrected chi connectivity index (χ1v) is 8.97. The maximum Gasteiger partial charge on any atom is 0.435 e. The van der Waals surface area contributed by atoms with Crippen molar-refractivity contribution in [1.82, 2.24) is 19.9 Å². The van der Waals surface area contributed by atoms with Gasteiger partial charge in [0.05, 0.1) is 12.2 Å². The molecule has 11 heteroatoms. The Hall–Kier alpha value is -3.14. The summed E-state index contributed by atoms with van der Waals surface area (Å²) in [5.41, 5.74) is -2.29. The molecule has 30 heavy (non-hydrogen) atoms. The van der Waals surface area contributed by atoms with Crippen LogP contribution in [0.2, 0.25) is 5.02 Å². The number of nitrogens with zero attached hydrogens (tertiary/aromatic N) is 4. The number of alkyl halides is 3. The molecule has 0 aliphatic carbocycles. The smallest absolute Gasteiger partial charge is 0.435 e. The molecule has 0 atom stereocenters. The Bertz CT molecular complexity index is 1040. The Labute approximate surface area is 173 Å². The average Bonchev–Trinajstić information content (AvgIpc) is 3.13. The summed E-state index contributed by atoms with van der Waals surface area (Å²) in [7, 11) is 1.32. The Balaban J connectivity index is 1.78. The summed E-state index contributed by atoms with van der Waals surface area (Å²) >= 11 is 5.85. The minimum Gasteiger partial charge on any atom is -0.492 e. The first-order chi connectivity index (χ1) is 14.2. The molecule has 158 valence electrons. The third kappa shape index (κ3) is 4.88. The standard InChI is InChI=1S/C19H15ClF4N4O2/c1-27(9-10-30-15-4-2-3-12(20)11-15)18(29)16-17(19(22,23)24)28(26-25-16)14-7-5-13(21)6-8-14/h2-8,11H,9-10H2,1H3. The zero-order valence-electron chi connectivity index (χ0n) is 15.5. The highest BCUT2D eigenvalue weighted by molar-refractivity contribution is 6.30. The highest BCUT2D eigenvalue weighted by atomic mass is 35.5. The normalized spacial score (nSPS) is 11.4. The van der Waals surface area contributed by atoms with E-state index in [0.717, 1.165) is 29.2 Å². The largest absolute Gasteiger partial charge is 0.492 e. The van der Waals surface area contributed by atoms with Crippen LogP contribution < -0.4 is 4.74 Å². The van der Waals surface area contributed by atoms with Crippen molar-refractivity contribution in [2.45, 2.75) is 6.18 Å². The van der Waals surface area contributed by atoms with E-state index in [9.17, 15) is 22.4 Å². The molecular formula is C19H15ClF4N4O2. The van der Waals surface area contributed by atoms with Crippen molar-refractivity contribution in [3.05, 3.63) is 70.8 Å². The molecule has 3 aromatic rings. The van der Waals surface area contributed by atoms with Gasteiger partial charge < -0.3 is 9.64 Å². The molecule has 0 unspecified atom stereocenters. The average molecular weight is 443 g/mol. The topological polar surface area (TPSA) is 60.2 Å². The number of benzene rings is 2. The number of amides is 1. The molecule has 0 radical (unpaired) electrons. The van der Waals surface area contributed by atoms with Crippen molar-refractivity contribution in [3.8, 4) is 11.4 Å². The highest BCUT2D eigenvalue weighted by Gasteiger charge is 2.42. The van der Waals surface area contributed by atoms with E-state index < -0.39 is 29.3 Å². The summed E-state index contributed by atoms with van der Waals surface area (Å²) in [6.07, 6.45) is -4.92. The SMILES string of the molecule is CN(CCOc1cccc(Cl)c1)C(=O)c1nnn(-c2ccc(F)cc2)c1C(F)(F)F. The van der Waals surface area contributed by atoms with Gasteiger partial charge in [-0.3, -0.25) is 4.79 Å². The molecule has 1 heterocycles. The Morgan fingerprint density at radius 3 is 2.53 bits per heavy atom. The van der Waals surface area contributed by atoms with Crippen LogP contribution in [0.4, 0.5) is 17.6 Å². The van der Waals surface area contributed by atoms with Gasteiger partial charge in [-0.2, -0.15) is 13.2 Å². The van der Waals surface area contributed by atoms with E-state index >= 15 is 0 Å². The minimum atomic E-state index is -4.92. The summed E-state index contributed by atoms with van der Waals surface area (Å²) in [5, 5.41) is 7.35. The molecule has 0 saturated carbocycles. The van der Waals surface area contributed by atoms with Crippen molar-refractivity contribution in [1.29, 1.82) is 0 Å². The van der Waals surface area contributed by atoms with Crippen molar-refractivity contribution in [2.24, 2.45) is 0 Å². The van der Waals surface area contributed by atoms with Crippen molar-refractivity contribution in [2.75, 3.05) is 20.2 Å². The van der Waals surface area contributed by atoms with Crippen molar-refractivity contribution < 1.29 is 27.1 Å². The zero-order valence-corrected chi connectivity index (χ0v) is 16.3. The van der Waals surface area contributed by atoms with E-state index in [1.54, 1.807) is 24.3 Å². The van der Waals surface area contributed by atoms with E-state index in [4.69, 9.17) is 16.3 Å². The van der Waals surface area contributed by atoms with Crippen LogP contribution in [0.3, 0.4) is 0 Å². The van der Waals surface area contributed by atoms with Crippen LogP contribution in [-0.4, -0.2) is 46.0 Å². The highest BCUT2D eigenvalue weighted by Crippen LogP contribution is 2.33. The third-order valence-corrected chi connectivity index (χ3v) is 4.29. The lowest BCUT2D eigenvalue weighted by Gasteiger charge is -2.18. The molecule has 0 saturated heterocycles. The van der Waals surface area contributed by atoms with Gasteiger partial charge in [0.2, 0.25) is 0 Å². The van der Waals surface area contributed by atoms with Crippen LogP contribution in [0.5, 0.6) is 5.75 Å². The van der Waals surface area contributed by atoms with Crippen LogP contribution in [0.15, 0.2) is 48.5 Å². The molecule has 0 N–H and O–H groups in total. The van der Waals surface area contributed by atoms with Gasteiger partial charge in [0.1, 0.15) is 18.2 Å². The fraction of sp³-hybridized carbons (Fsp3) is 0.211. The number of halogens is 5. The Morgan fingerprint density at radius 1 is 1.20 bits per heavy atom. The van der Waals surface area contributed by atoms with Gasteiger partial charge in [0.25, 0.3) is 5.91 Å². The van der Waals surface area contributed by atoms with E-state index in [1.807, 2.05) is 0 Å². The molecule has 1 amide bonds. The van der Waals surface area contributed by atoms with E-state index in [2.05, 4.69) is 10.3 Å². The molecule has 0 aliphatic heterocycles. The summed E-state index contributed by atoms with van der Waals surface area (Å²) in [5.74, 6) is -1.14. The van der Waals surface area contributed by atoms with Crippen LogP contribution in [0, 0.1) is 5.82 Å². The first-order valence-electron chi connectivity index (χ1n) is 8.59. The second-order valence-electron chi connectivity index (χ2n) is 6.21. The number of hydrogen-bond acceptors (Lipinski definition) is 4. The number of carbonyl (C=O) groups excluding carboxylic acids is 1. The summed E-state index contributed by atoms with van der Waals surface area (Å²) in [6.45, 7) is 0.0160. The number of aromatic nitrogens is 3. The predicted molar refractivity (Wildman–Crippen MR) is 100 cm³/mol. The number of carbonyl (C=O) groups is 1. The minimum absolute atomic E-state index is 0.00788. The summed E-state index contributed by atoms with van der Waals surface area (Å²) < 4.78 is 60.0. The van der Waals surface area contributed by atoms with Gasteiger partial charge in [0.15, 0.2) is 11.4 Å². The molecule has 6 nitrogen and oxygen atoms in total. The maximum absolute atomic E-state index is 13.7. The molecule has 2 aromatic carbocycles. The lowest BCUT2D eigenvalue weighted by molar-refractivity contribution is -0.143. The van der Waals surface area contributed by atoms with E-state index in [0.29, 0.717) is 15.5 Å². The van der Waals surface area contributed by atoms with Crippen molar-refractivity contribution >= 4 is 17.5 Å². The summed E-state index contributed by atoms with van der Waals surface area (Å²) in [6, 6.07) is 10.7. The lowest BCUT2D eigenvalue weighted by atomic mass is 10.2. The quantitative estimate of drug-likeness (QED) is 0.536. The van der Waals surface area contributed by atoms with Crippen molar-refractivity contribution in [3.63, 3.8) is 0 Å². The number of likely N-dealkylation sites (N-methyl/N-ethyl adjacent to an activating group) is 1. The summed E-state index contributed by atoms with van der Waals surface area (Å²) in [4.78, 5) is 13.6. The van der Waals surface area contributed by atoms with Crippen LogP contribution in [-0.2, 0) is 6.18 Å². The predicted octanol–water partition coefficient (Wildman–Crippen LogP) is 4.23. The second kappa shape index (κ2) is 8.70. The number of rotatable bonds is 6. The van der Waals surface area contributed by atoms with E-state index in [1.165, 1.54) is 7.05 Å². The van der Waals surface area contributed by atoms with Gasteiger partial charge in [-0.25, -0.2) is 9.07 Å². The Morgan fingerprint density at radius 2 is 1.90 bits per heavy atom. The monoisotopic (exact) mass is 442 g/mol. The maximum atomic E-state index is 13.7. The van der Waals surface area contributed by atoms with Gasteiger partial charge in [-0.05, 0) is 42.5 Å². The zero-order chi connectivity index (χ0) is 21.9. The fourth-order valence-electron chi connectivity index (χ4n) is 2.58. The van der Waals surface area contributed by atoms with E-state index in [-0.39, 0.29) is 18.8 Å². The van der Waals surface area contributed by atoms with Crippen LogP contribution >= 0.6 is 11.6 Å². The van der Waals surface area contributed by atoms with Crippen LogP contribution in [0.25, 0.3) is 5.69 Å². The number of hydrogen-bond donors (Lipinski definition) is 0. The van der Waals surface area contributed by atoms with Gasteiger partial charge in [0, 0.05) is 12.1 Å². The number of ether oxygens (including phenoxy) is 1. The van der Waals surface area contributed by atoms with Gasteiger partial charge >= 0.3 is 6.18 Å². The first kappa shape index (κ1) is 21.6. The second-order valence-corrected chi connectivity index (χ2v) is 6.64. The van der Waals surface area contributed by atoms with Crippen LogP contribution in [0.1, 0.15) is 16.2 Å². The van der Waals surface area contributed by atoms with Gasteiger partial charge in [-0.15, -0.1) is 5.10 Å².